The third kappa shape index (κ3) is 1.69. The van der Waals surface area contributed by atoms with Crippen LogP contribution in [0.5, 0.6) is 0 Å². The molecule has 1 aliphatic rings. The van der Waals surface area contributed by atoms with Gasteiger partial charge in [-0.15, -0.1) is 0 Å². The Balaban J connectivity index is 2.13. The van der Waals surface area contributed by atoms with Gasteiger partial charge in [-0.1, -0.05) is 18.2 Å². The van der Waals surface area contributed by atoms with Crippen molar-refractivity contribution in [3.8, 4) is 11.1 Å². The molecule has 0 unspecified atom stereocenters. The number of nitrogens with one attached hydrogen (secondary N) is 1. The predicted molar refractivity (Wildman–Crippen MR) is 66.7 cm³/mol. The molecule has 1 aliphatic heterocycles. The van der Waals surface area contributed by atoms with Gasteiger partial charge in [-0.3, -0.25) is 9.78 Å². The topological polar surface area (TPSA) is 42.0 Å². The van der Waals surface area contributed by atoms with Crippen LogP contribution in [0.15, 0.2) is 36.5 Å². The second-order valence-corrected chi connectivity index (χ2v) is 4.24. The number of anilines is 1. The van der Waals surface area contributed by atoms with Gasteiger partial charge in [0.2, 0.25) is 5.91 Å². The second kappa shape index (κ2) is 3.70. The van der Waals surface area contributed by atoms with E-state index in [1.54, 1.807) is 0 Å². The fourth-order valence-electron chi connectivity index (χ4n) is 2.15. The summed E-state index contributed by atoms with van der Waals surface area (Å²) in [6, 6.07) is 9.95. The molecule has 1 aromatic carbocycles. The Kier molecular flexibility index (Phi) is 2.18. The zero-order chi connectivity index (χ0) is 11.8. The fourth-order valence-corrected chi connectivity index (χ4v) is 2.15. The SMILES string of the molecule is Cc1ccc(-c2cccc3c2CC(=O)N3)cn1. The molecule has 0 bridgehead atoms. The quantitative estimate of drug-likeness (QED) is 0.808. The molecule has 0 saturated carbocycles. The number of carbonyl (C=O) groups excluding carboxylic acids is 1. The summed E-state index contributed by atoms with van der Waals surface area (Å²) in [5, 5.41) is 2.86. The summed E-state index contributed by atoms with van der Waals surface area (Å²) in [7, 11) is 0. The highest BCUT2D eigenvalue weighted by Gasteiger charge is 2.20. The van der Waals surface area contributed by atoms with Crippen LogP contribution in [0.3, 0.4) is 0 Å². The highest BCUT2D eigenvalue weighted by molar-refractivity contribution is 6.01. The van der Waals surface area contributed by atoms with Crippen LogP contribution in [0.4, 0.5) is 5.69 Å². The molecule has 1 amide bonds. The number of aromatic nitrogens is 1. The standard InChI is InChI=1S/C14H12N2O/c1-9-5-6-10(8-15-9)11-3-2-4-13-12(11)7-14(17)16-13/h2-6,8H,7H2,1H3,(H,16,17). The highest BCUT2D eigenvalue weighted by Crippen LogP contribution is 2.32. The number of fused-ring (bicyclic) bond motifs is 1. The highest BCUT2D eigenvalue weighted by atomic mass is 16.1. The lowest BCUT2D eigenvalue weighted by Crippen LogP contribution is -2.03. The molecule has 1 aromatic heterocycles. The summed E-state index contributed by atoms with van der Waals surface area (Å²) in [5.41, 5.74) is 5.14. The molecule has 0 radical (unpaired) electrons. The zero-order valence-electron chi connectivity index (χ0n) is 9.53. The lowest BCUT2D eigenvalue weighted by atomic mass is 9.99. The Morgan fingerprint density at radius 3 is 2.88 bits per heavy atom. The summed E-state index contributed by atoms with van der Waals surface area (Å²) in [6.45, 7) is 1.96. The largest absolute Gasteiger partial charge is 0.326 e. The molecule has 0 saturated heterocycles. The second-order valence-electron chi connectivity index (χ2n) is 4.24. The third-order valence-corrected chi connectivity index (χ3v) is 3.01. The molecule has 2 aromatic rings. The van der Waals surface area contributed by atoms with Crippen LogP contribution in [0.25, 0.3) is 11.1 Å². The lowest BCUT2D eigenvalue weighted by Gasteiger charge is -2.07. The molecular formula is C14H12N2O. The summed E-state index contributed by atoms with van der Waals surface area (Å²) < 4.78 is 0. The van der Waals surface area contributed by atoms with Crippen LogP contribution in [0.2, 0.25) is 0 Å². The zero-order valence-corrected chi connectivity index (χ0v) is 9.53. The number of rotatable bonds is 1. The van der Waals surface area contributed by atoms with Gasteiger partial charge in [-0.25, -0.2) is 0 Å². The molecule has 2 heterocycles. The Labute approximate surface area is 99.5 Å². The number of aryl methyl sites for hydroxylation is 1. The van der Waals surface area contributed by atoms with Crippen LogP contribution < -0.4 is 5.32 Å². The summed E-state index contributed by atoms with van der Waals surface area (Å²) in [4.78, 5) is 15.7. The van der Waals surface area contributed by atoms with Crippen LogP contribution >= 0.6 is 0 Å². The maximum atomic E-state index is 11.4. The van der Waals surface area contributed by atoms with Gasteiger partial charge in [0, 0.05) is 23.1 Å². The van der Waals surface area contributed by atoms with Crippen molar-refractivity contribution in [1.82, 2.24) is 4.98 Å². The van der Waals surface area contributed by atoms with Gasteiger partial charge < -0.3 is 5.32 Å². The summed E-state index contributed by atoms with van der Waals surface area (Å²) in [5.74, 6) is 0.0625. The number of pyridine rings is 1. The van der Waals surface area contributed by atoms with Gasteiger partial charge in [0.25, 0.3) is 0 Å². The van der Waals surface area contributed by atoms with Gasteiger partial charge in [0.15, 0.2) is 0 Å². The van der Waals surface area contributed by atoms with Crippen molar-refractivity contribution in [3.05, 3.63) is 47.8 Å². The minimum atomic E-state index is 0.0625. The van der Waals surface area contributed by atoms with Crippen molar-refractivity contribution in [3.63, 3.8) is 0 Å². The van der Waals surface area contributed by atoms with Gasteiger partial charge in [-0.2, -0.15) is 0 Å². The van der Waals surface area contributed by atoms with Crippen molar-refractivity contribution in [1.29, 1.82) is 0 Å². The van der Waals surface area contributed by atoms with E-state index in [1.165, 1.54) is 0 Å². The van der Waals surface area contributed by atoms with Crippen molar-refractivity contribution in [2.24, 2.45) is 0 Å². The van der Waals surface area contributed by atoms with Gasteiger partial charge in [0.1, 0.15) is 0 Å². The van der Waals surface area contributed by atoms with Crippen LogP contribution in [0.1, 0.15) is 11.3 Å². The minimum absolute atomic E-state index is 0.0625. The molecule has 17 heavy (non-hydrogen) atoms. The average Bonchev–Trinajstić information content (AvgIpc) is 2.70. The number of benzene rings is 1. The molecule has 3 heteroatoms. The average molecular weight is 224 g/mol. The lowest BCUT2D eigenvalue weighted by molar-refractivity contribution is -0.115. The molecule has 3 rings (SSSR count). The van der Waals surface area contributed by atoms with Crippen LogP contribution in [-0.4, -0.2) is 10.9 Å². The molecular weight excluding hydrogens is 212 g/mol. The number of carbonyl (C=O) groups is 1. The van der Waals surface area contributed by atoms with E-state index in [2.05, 4.69) is 10.3 Å². The van der Waals surface area contributed by atoms with E-state index < -0.39 is 0 Å². The van der Waals surface area contributed by atoms with Gasteiger partial charge in [0.05, 0.1) is 6.42 Å². The summed E-state index contributed by atoms with van der Waals surface area (Å²) >= 11 is 0. The molecule has 0 spiro atoms. The van der Waals surface area contributed by atoms with Gasteiger partial charge >= 0.3 is 0 Å². The molecule has 0 fully saturated rings. The maximum absolute atomic E-state index is 11.4. The van der Waals surface area contributed by atoms with Crippen LogP contribution in [0, 0.1) is 6.92 Å². The first kappa shape index (κ1) is 10.0. The van der Waals surface area contributed by atoms with E-state index in [0.29, 0.717) is 6.42 Å². The Morgan fingerprint density at radius 2 is 2.12 bits per heavy atom. The van der Waals surface area contributed by atoms with Crippen molar-refractivity contribution in [2.75, 3.05) is 5.32 Å². The number of amides is 1. The molecule has 3 nitrogen and oxygen atoms in total. The number of hydrogen-bond donors (Lipinski definition) is 1. The van der Waals surface area contributed by atoms with E-state index in [4.69, 9.17) is 0 Å². The third-order valence-electron chi connectivity index (χ3n) is 3.01. The molecule has 0 aliphatic carbocycles. The predicted octanol–water partition coefficient (Wildman–Crippen LogP) is 2.55. The van der Waals surface area contributed by atoms with Crippen molar-refractivity contribution >= 4 is 11.6 Å². The van der Waals surface area contributed by atoms with E-state index in [-0.39, 0.29) is 5.91 Å². The van der Waals surface area contributed by atoms with E-state index >= 15 is 0 Å². The van der Waals surface area contributed by atoms with E-state index in [9.17, 15) is 4.79 Å². The smallest absolute Gasteiger partial charge is 0.228 e. The monoisotopic (exact) mass is 224 g/mol. The molecule has 1 N–H and O–H groups in total. The van der Waals surface area contributed by atoms with E-state index in [0.717, 1.165) is 28.1 Å². The first-order chi connectivity index (χ1) is 8.24. The number of hydrogen-bond acceptors (Lipinski definition) is 2. The van der Waals surface area contributed by atoms with Crippen molar-refractivity contribution in [2.45, 2.75) is 13.3 Å². The Bertz CT molecular complexity index is 588. The first-order valence-electron chi connectivity index (χ1n) is 5.59. The Hall–Kier alpha value is -2.16. The minimum Gasteiger partial charge on any atom is -0.326 e. The maximum Gasteiger partial charge on any atom is 0.228 e. The first-order valence-corrected chi connectivity index (χ1v) is 5.59. The summed E-state index contributed by atoms with van der Waals surface area (Å²) in [6.07, 6.45) is 2.31. The Morgan fingerprint density at radius 1 is 1.24 bits per heavy atom. The fraction of sp³-hybridized carbons (Fsp3) is 0.143. The van der Waals surface area contributed by atoms with E-state index in [1.807, 2.05) is 43.5 Å². The number of nitrogens with zero attached hydrogens (tertiary/aromatic N) is 1. The van der Waals surface area contributed by atoms with Crippen LogP contribution in [-0.2, 0) is 11.2 Å². The molecule has 84 valence electrons. The van der Waals surface area contributed by atoms with Crippen molar-refractivity contribution < 1.29 is 4.79 Å². The molecule has 0 atom stereocenters. The van der Waals surface area contributed by atoms with Gasteiger partial charge in [-0.05, 0) is 30.2 Å². The normalized spacial score (nSPS) is 13.4.